The van der Waals surface area contributed by atoms with Crippen LogP contribution in [-0.2, 0) is 35.1 Å². The highest BCUT2D eigenvalue weighted by atomic mass is 16.7. The summed E-state index contributed by atoms with van der Waals surface area (Å²) in [5.41, 5.74) is 0.906. The minimum absolute atomic E-state index is 0.0586. The number of nitrogens with zero attached hydrogens (tertiary/aromatic N) is 2. The largest absolute Gasteiger partial charge is 0.508 e. The van der Waals surface area contributed by atoms with Crippen molar-refractivity contribution >= 4 is 46.7 Å². The molecule has 4 rings (SSSR count). The first-order valence-electron chi connectivity index (χ1n) is 14.1. The van der Waals surface area contributed by atoms with Crippen LogP contribution in [-0.4, -0.2) is 101 Å². The molecule has 0 aromatic heterocycles. The van der Waals surface area contributed by atoms with E-state index >= 15 is 0 Å². The fourth-order valence-electron chi connectivity index (χ4n) is 6.29. The number of likely N-dealkylation sites (N-methyl/N-ethyl adjacent to an activating group) is 1. The summed E-state index contributed by atoms with van der Waals surface area (Å²) >= 11 is 0. The topological polar surface area (TPSA) is 229 Å². The molecule has 15 heteroatoms. The molecular weight excluding hydrogens is 592 g/mol. The number of benzene rings is 1. The molecule has 0 radical (unpaired) electrons. The summed E-state index contributed by atoms with van der Waals surface area (Å²) in [5, 5.41) is 47.9. The first kappa shape index (κ1) is 33.3. The van der Waals surface area contributed by atoms with Crippen LogP contribution >= 0.6 is 0 Å². The summed E-state index contributed by atoms with van der Waals surface area (Å²) in [5.74, 6) is -8.48. The normalized spacial score (nSPS) is 24.5. The van der Waals surface area contributed by atoms with Crippen molar-refractivity contribution in [2.75, 3.05) is 45.2 Å². The van der Waals surface area contributed by atoms with E-state index in [1.54, 1.807) is 39.8 Å². The Kier molecular flexibility index (Phi) is 8.41. The number of fused-ring (bicyclic) bond motifs is 3. The van der Waals surface area contributed by atoms with Gasteiger partial charge >= 0.3 is 12.1 Å². The summed E-state index contributed by atoms with van der Waals surface area (Å²) in [7, 11) is 6.39. The van der Waals surface area contributed by atoms with E-state index in [1.165, 1.54) is 25.1 Å². The average Bonchev–Trinajstić information content (AvgIpc) is 2.91. The zero-order valence-corrected chi connectivity index (χ0v) is 26.0. The number of aromatic hydroxyl groups is 1. The maximum absolute atomic E-state index is 14.1. The van der Waals surface area contributed by atoms with Crippen LogP contribution < -0.4 is 16.0 Å². The molecule has 0 saturated heterocycles. The van der Waals surface area contributed by atoms with Crippen LogP contribution in [0.2, 0.25) is 0 Å². The van der Waals surface area contributed by atoms with E-state index in [1.807, 2.05) is 0 Å². The van der Waals surface area contributed by atoms with Gasteiger partial charge in [0, 0.05) is 31.3 Å². The van der Waals surface area contributed by atoms with Gasteiger partial charge in [-0.2, -0.15) is 0 Å². The number of nitrogens with one attached hydrogen (secondary N) is 1. The van der Waals surface area contributed by atoms with Crippen molar-refractivity contribution in [3.05, 3.63) is 34.1 Å². The Hall–Kier alpha value is -4.63. The average molecular weight is 631 g/mol. The summed E-state index contributed by atoms with van der Waals surface area (Å²) in [6, 6.07) is 0.223. The van der Waals surface area contributed by atoms with Crippen molar-refractivity contribution in [2.24, 2.45) is 23.0 Å². The molecule has 1 fully saturated rings. The second kappa shape index (κ2) is 11.4. The van der Waals surface area contributed by atoms with Crippen LogP contribution in [0.1, 0.15) is 38.3 Å². The summed E-state index contributed by atoms with van der Waals surface area (Å²) < 4.78 is 9.83. The number of ether oxygens (including phenoxy) is 2. The first-order chi connectivity index (χ1) is 20.7. The highest BCUT2D eigenvalue weighted by molar-refractivity contribution is 6.24. The smallest absolute Gasteiger partial charge is 0.414 e. The van der Waals surface area contributed by atoms with Crippen LogP contribution in [0.25, 0.3) is 5.76 Å². The van der Waals surface area contributed by atoms with Crippen LogP contribution in [0.5, 0.6) is 5.75 Å². The number of aliphatic hydroxyl groups excluding tert-OH is 2. The highest BCUT2D eigenvalue weighted by Gasteiger charge is 2.64. The number of Topliss-reactive ketones (excluding diaryl/α,β-unsaturated/α-hetero) is 2. The summed E-state index contributed by atoms with van der Waals surface area (Å²) in [6.07, 6.45) is -1.11. The number of ketones is 2. The number of amides is 2. The zero-order chi connectivity index (χ0) is 33.9. The van der Waals surface area contributed by atoms with Crippen molar-refractivity contribution in [1.29, 1.82) is 0 Å². The molecule has 0 heterocycles. The van der Waals surface area contributed by atoms with E-state index in [0.29, 0.717) is 11.3 Å². The van der Waals surface area contributed by atoms with Gasteiger partial charge in [0.2, 0.25) is 12.6 Å². The second-order valence-corrected chi connectivity index (χ2v) is 12.9. The fraction of sp³-hybridized carbons (Fsp3) is 0.500. The van der Waals surface area contributed by atoms with Crippen LogP contribution in [0.4, 0.5) is 16.2 Å². The van der Waals surface area contributed by atoms with Gasteiger partial charge in [0.1, 0.15) is 17.1 Å². The van der Waals surface area contributed by atoms with Crippen LogP contribution in [0, 0.1) is 17.3 Å². The molecule has 3 aliphatic rings. The molecule has 244 valence electrons. The Bertz CT molecular complexity index is 1570. The molecule has 1 aromatic carbocycles. The lowest BCUT2D eigenvalue weighted by molar-refractivity contribution is -0.161. The van der Waals surface area contributed by atoms with Gasteiger partial charge < -0.3 is 40.5 Å². The van der Waals surface area contributed by atoms with Gasteiger partial charge in [0.15, 0.2) is 17.1 Å². The third kappa shape index (κ3) is 5.35. The molecule has 0 unspecified atom stereocenters. The molecule has 7 N–H and O–H groups in total. The Morgan fingerprint density at radius 1 is 1.09 bits per heavy atom. The van der Waals surface area contributed by atoms with Crippen molar-refractivity contribution in [1.82, 2.24) is 4.90 Å². The van der Waals surface area contributed by atoms with E-state index in [-0.39, 0.29) is 29.7 Å². The number of phenols is 1. The van der Waals surface area contributed by atoms with Crippen molar-refractivity contribution in [3.8, 4) is 5.75 Å². The van der Waals surface area contributed by atoms with Gasteiger partial charge in [-0.3, -0.25) is 29.4 Å². The van der Waals surface area contributed by atoms with Gasteiger partial charge in [0.25, 0.3) is 5.91 Å². The van der Waals surface area contributed by atoms with Crippen LogP contribution in [0.3, 0.4) is 0 Å². The molecule has 15 nitrogen and oxygen atoms in total. The molecule has 0 spiro atoms. The molecular formula is C30H38N4O11. The first-order valence-corrected chi connectivity index (χ1v) is 14.1. The SMILES string of the molecule is CN(C)c1cc(NC(=O)OCOC(=O)C(C)(C)C)c(O)c2c1C[C@H]1C[C@H]3[C@H](N(C)C)C(=O)C(C(N)=O)=C(O)[C@@]3(O)C(=O)C1=C2O. The number of nitrogens with two attached hydrogens (primary N) is 1. The third-order valence-electron chi connectivity index (χ3n) is 8.41. The molecule has 0 bridgehead atoms. The van der Waals surface area contributed by atoms with E-state index in [2.05, 4.69) is 5.32 Å². The number of carbonyl (C=O) groups is 5. The molecule has 4 atom stereocenters. The Morgan fingerprint density at radius 2 is 1.71 bits per heavy atom. The molecule has 3 aliphatic carbocycles. The molecule has 2 amide bonds. The van der Waals surface area contributed by atoms with E-state index in [0.717, 1.165) is 0 Å². The highest BCUT2D eigenvalue weighted by Crippen LogP contribution is 2.54. The zero-order valence-electron chi connectivity index (χ0n) is 26.0. The predicted octanol–water partition coefficient (Wildman–Crippen LogP) is 1.13. The molecule has 1 saturated carbocycles. The number of anilines is 2. The van der Waals surface area contributed by atoms with Gasteiger partial charge in [-0.15, -0.1) is 0 Å². The lowest BCUT2D eigenvalue weighted by Gasteiger charge is -2.50. The minimum atomic E-state index is -2.78. The van der Waals surface area contributed by atoms with Crippen molar-refractivity contribution in [3.63, 3.8) is 0 Å². The van der Waals surface area contributed by atoms with Gasteiger partial charge in [-0.25, -0.2) is 4.79 Å². The molecule has 0 aliphatic heterocycles. The number of carbonyl (C=O) groups excluding carboxylic acids is 5. The fourth-order valence-corrected chi connectivity index (χ4v) is 6.29. The number of phenolic OH excluding ortho intramolecular Hbond substituents is 1. The Morgan fingerprint density at radius 3 is 2.24 bits per heavy atom. The maximum Gasteiger partial charge on any atom is 0.414 e. The van der Waals surface area contributed by atoms with Crippen molar-refractivity contribution in [2.45, 2.75) is 45.3 Å². The minimum Gasteiger partial charge on any atom is -0.508 e. The van der Waals surface area contributed by atoms with Gasteiger partial charge in [-0.1, -0.05) is 0 Å². The second-order valence-electron chi connectivity index (χ2n) is 12.9. The van der Waals surface area contributed by atoms with Crippen molar-refractivity contribution < 1.29 is 53.9 Å². The number of primary amides is 1. The Balaban J connectivity index is 1.79. The number of aliphatic hydroxyl groups is 3. The van der Waals surface area contributed by atoms with E-state index in [9.17, 15) is 44.4 Å². The standard InChI is InChI=1S/C30H38N4O11/c1-29(2,3)27(41)44-11-45-28(42)32-15-10-16(33(4)5)13-8-12-9-14-20(34(6)7)23(37)19(26(31)40)25(39)30(14,43)24(38)17(12)22(36)18(13)21(15)35/h10,12,14,20,35-36,39,43H,8-9,11H2,1-7H3,(H2,31,40)(H,32,42)/t12-,14-,20-,30-/m0/s1. The van der Waals surface area contributed by atoms with Crippen LogP contribution in [0.15, 0.2) is 23.0 Å². The monoisotopic (exact) mass is 630 g/mol. The lowest BCUT2D eigenvalue weighted by atomic mass is 9.57. The number of esters is 1. The maximum atomic E-state index is 14.1. The predicted molar refractivity (Wildman–Crippen MR) is 159 cm³/mol. The lowest BCUT2D eigenvalue weighted by Crippen LogP contribution is -2.65. The van der Waals surface area contributed by atoms with Gasteiger partial charge in [0.05, 0.1) is 22.7 Å². The quantitative estimate of drug-likeness (QED) is 0.112. The van der Waals surface area contributed by atoms with Gasteiger partial charge in [-0.05, 0) is 65.3 Å². The Labute approximate surface area is 258 Å². The summed E-state index contributed by atoms with van der Waals surface area (Å²) in [6.45, 7) is 4.15. The third-order valence-corrected chi connectivity index (χ3v) is 8.41. The van der Waals surface area contributed by atoms with E-state index in [4.69, 9.17) is 15.2 Å². The summed E-state index contributed by atoms with van der Waals surface area (Å²) in [4.78, 5) is 67.0. The molecule has 1 aromatic rings. The number of hydrogen-bond acceptors (Lipinski definition) is 13. The number of rotatable bonds is 6. The molecule has 45 heavy (non-hydrogen) atoms. The number of hydrogen-bond donors (Lipinski definition) is 6. The van der Waals surface area contributed by atoms with E-state index < -0.39 is 88.1 Å².